The zero-order valence-electron chi connectivity index (χ0n) is 17.2. The molecule has 30 heavy (non-hydrogen) atoms. The minimum Gasteiger partial charge on any atom is -0.462 e. The Morgan fingerprint density at radius 1 is 1.37 bits per heavy atom. The van der Waals surface area contributed by atoms with Gasteiger partial charge >= 0.3 is 13.7 Å². The Morgan fingerprint density at radius 2 is 2.00 bits per heavy atom. The van der Waals surface area contributed by atoms with Crippen LogP contribution < -0.4 is 9.61 Å². The predicted molar refractivity (Wildman–Crippen MR) is 105 cm³/mol. The number of carbonyl (C=O) groups excluding carboxylic acids is 1. The standard InChI is InChI=1S/C19H27N2O8P/c1-12(2)27-18(23)13(3)21-30(25,29-14-8-6-5-7-9-14)26-11-15-17(22)19(4,24)16(10-20)28-15/h5-9,12-13,15-17,22,24H,11H2,1-4H3,(H,21,25). The molecule has 0 aliphatic carbocycles. The van der Waals surface area contributed by atoms with Gasteiger partial charge in [0.05, 0.1) is 18.8 Å². The van der Waals surface area contributed by atoms with Crippen LogP contribution >= 0.6 is 7.75 Å². The van der Waals surface area contributed by atoms with E-state index < -0.39 is 50.3 Å². The quantitative estimate of drug-likeness (QED) is 0.380. The molecule has 0 radical (unpaired) electrons. The van der Waals surface area contributed by atoms with Crippen molar-refractivity contribution in [3.05, 3.63) is 30.3 Å². The fourth-order valence-corrected chi connectivity index (χ4v) is 4.22. The third kappa shape index (κ3) is 6.01. The average Bonchev–Trinajstić information content (AvgIpc) is 2.89. The summed E-state index contributed by atoms with van der Waals surface area (Å²) in [5.74, 6) is -0.442. The number of nitrogens with one attached hydrogen (secondary N) is 1. The molecule has 2 rings (SSSR count). The van der Waals surface area contributed by atoms with E-state index in [1.807, 2.05) is 0 Å². The Balaban J connectivity index is 2.15. The number of rotatable bonds is 9. The summed E-state index contributed by atoms with van der Waals surface area (Å²) < 4.78 is 34.6. The number of ether oxygens (including phenoxy) is 2. The van der Waals surface area contributed by atoms with Crippen LogP contribution in [0.15, 0.2) is 30.3 Å². The van der Waals surface area contributed by atoms with Crippen LogP contribution in [0.3, 0.4) is 0 Å². The lowest BCUT2D eigenvalue weighted by Gasteiger charge is -2.26. The molecule has 1 aliphatic heterocycles. The molecule has 6 atom stereocenters. The van der Waals surface area contributed by atoms with Crippen LogP contribution in [0.5, 0.6) is 5.75 Å². The van der Waals surface area contributed by atoms with Crippen LogP contribution in [0, 0.1) is 11.3 Å². The van der Waals surface area contributed by atoms with Gasteiger partial charge in [0.25, 0.3) is 0 Å². The highest BCUT2D eigenvalue weighted by molar-refractivity contribution is 7.52. The Labute approximate surface area is 175 Å². The van der Waals surface area contributed by atoms with Gasteiger partial charge in [0.2, 0.25) is 0 Å². The van der Waals surface area contributed by atoms with Crippen LogP contribution in [-0.2, 0) is 23.4 Å². The number of hydrogen-bond donors (Lipinski definition) is 3. The van der Waals surface area contributed by atoms with Crippen LogP contribution in [0.4, 0.5) is 0 Å². The zero-order chi connectivity index (χ0) is 22.5. The SMILES string of the molecule is CC(C)OC(=O)C(C)NP(=O)(OCC1OC(C#N)C(C)(O)C1O)Oc1ccccc1. The third-order valence-corrected chi connectivity index (χ3v) is 5.99. The Kier molecular flexibility index (Phi) is 7.99. The number of benzene rings is 1. The second kappa shape index (κ2) is 9.88. The molecule has 1 saturated heterocycles. The minimum absolute atomic E-state index is 0.215. The normalized spacial score (nSPS) is 29.1. The minimum atomic E-state index is -4.15. The second-order valence-electron chi connectivity index (χ2n) is 7.39. The van der Waals surface area contributed by atoms with Crippen molar-refractivity contribution in [3.63, 3.8) is 0 Å². The molecule has 0 aromatic heterocycles. The molecule has 0 spiro atoms. The average molecular weight is 442 g/mol. The van der Waals surface area contributed by atoms with Crippen molar-refractivity contribution in [2.45, 2.75) is 63.8 Å². The molecule has 1 fully saturated rings. The molecule has 3 N–H and O–H groups in total. The van der Waals surface area contributed by atoms with Gasteiger partial charge in [-0.25, -0.2) is 4.57 Å². The molecule has 1 aromatic carbocycles. The maximum Gasteiger partial charge on any atom is 0.459 e. The van der Waals surface area contributed by atoms with Gasteiger partial charge in [0.1, 0.15) is 29.6 Å². The van der Waals surface area contributed by atoms with E-state index in [-0.39, 0.29) is 11.9 Å². The van der Waals surface area contributed by atoms with E-state index in [9.17, 15) is 19.6 Å². The summed E-state index contributed by atoms with van der Waals surface area (Å²) in [6.45, 7) is 5.58. The molecule has 10 nitrogen and oxygen atoms in total. The number of esters is 1. The number of para-hydroxylation sites is 1. The van der Waals surface area contributed by atoms with Crippen LogP contribution in [0.1, 0.15) is 27.7 Å². The molecule has 1 aromatic rings. The maximum absolute atomic E-state index is 13.3. The van der Waals surface area contributed by atoms with E-state index in [0.717, 1.165) is 0 Å². The van der Waals surface area contributed by atoms with E-state index >= 15 is 0 Å². The first-order valence-corrected chi connectivity index (χ1v) is 11.0. The van der Waals surface area contributed by atoms with E-state index in [0.29, 0.717) is 0 Å². The molecular formula is C19H27N2O8P. The maximum atomic E-state index is 13.3. The third-order valence-electron chi connectivity index (χ3n) is 4.34. The molecule has 1 aliphatic rings. The van der Waals surface area contributed by atoms with Crippen molar-refractivity contribution in [1.82, 2.24) is 5.09 Å². The van der Waals surface area contributed by atoms with Crippen LogP contribution in [0.25, 0.3) is 0 Å². The van der Waals surface area contributed by atoms with Gasteiger partial charge in [0, 0.05) is 0 Å². The van der Waals surface area contributed by atoms with Crippen molar-refractivity contribution in [2.75, 3.05) is 6.61 Å². The van der Waals surface area contributed by atoms with E-state index in [2.05, 4.69) is 5.09 Å². The van der Waals surface area contributed by atoms with Crippen LogP contribution in [0.2, 0.25) is 0 Å². The van der Waals surface area contributed by atoms with Gasteiger partial charge in [-0.3, -0.25) is 9.32 Å². The van der Waals surface area contributed by atoms with Crippen molar-refractivity contribution in [3.8, 4) is 11.8 Å². The molecule has 166 valence electrons. The fraction of sp³-hybridized carbons (Fsp3) is 0.579. The highest BCUT2D eigenvalue weighted by Crippen LogP contribution is 2.46. The molecule has 0 amide bonds. The summed E-state index contributed by atoms with van der Waals surface area (Å²) in [6, 6.07) is 8.87. The smallest absolute Gasteiger partial charge is 0.459 e. The van der Waals surface area contributed by atoms with Gasteiger partial charge in [-0.2, -0.15) is 10.3 Å². The molecule has 0 saturated carbocycles. The molecule has 0 bridgehead atoms. The van der Waals surface area contributed by atoms with Gasteiger partial charge < -0.3 is 24.2 Å². The number of hydrogen-bond acceptors (Lipinski definition) is 9. The van der Waals surface area contributed by atoms with Crippen molar-refractivity contribution >= 4 is 13.7 Å². The number of aliphatic hydroxyl groups excluding tert-OH is 1. The summed E-state index contributed by atoms with van der Waals surface area (Å²) >= 11 is 0. The Hall–Kier alpha value is -1.99. The summed E-state index contributed by atoms with van der Waals surface area (Å²) in [7, 11) is -4.15. The van der Waals surface area contributed by atoms with Gasteiger partial charge in [0.15, 0.2) is 6.10 Å². The van der Waals surface area contributed by atoms with E-state index in [4.69, 9.17) is 23.8 Å². The number of nitrogens with zero attached hydrogens (tertiary/aromatic N) is 1. The van der Waals surface area contributed by atoms with Crippen molar-refractivity contribution < 1.29 is 38.1 Å². The monoisotopic (exact) mass is 442 g/mol. The number of carbonyl (C=O) groups is 1. The van der Waals surface area contributed by atoms with Crippen molar-refractivity contribution in [2.24, 2.45) is 0 Å². The van der Waals surface area contributed by atoms with Crippen molar-refractivity contribution in [1.29, 1.82) is 5.26 Å². The van der Waals surface area contributed by atoms with Crippen LogP contribution in [-0.4, -0.2) is 58.8 Å². The summed E-state index contributed by atoms with van der Waals surface area (Å²) in [6.07, 6.45) is -4.26. The summed E-state index contributed by atoms with van der Waals surface area (Å²) in [5, 5.41) is 32.1. The first-order chi connectivity index (χ1) is 14.0. The second-order valence-corrected chi connectivity index (χ2v) is 9.08. The van der Waals surface area contributed by atoms with Gasteiger partial charge in [-0.15, -0.1) is 0 Å². The first-order valence-electron chi connectivity index (χ1n) is 9.41. The Morgan fingerprint density at radius 3 is 2.53 bits per heavy atom. The number of nitriles is 1. The molecule has 6 unspecified atom stereocenters. The van der Waals surface area contributed by atoms with E-state index in [1.54, 1.807) is 50.2 Å². The Bertz CT molecular complexity index is 811. The molecule has 1 heterocycles. The predicted octanol–water partition coefficient (Wildman–Crippen LogP) is 1.52. The molecular weight excluding hydrogens is 415 g/mol. The highest BCUT2D eigenvalue weighted by Gasteiger charge is 2.53. The number of aliphatic hydroxyl groups is 2. The lowest BCUT2D eigenvalue weighted by molar-refractivity contribution is -0.149. The lowest BCUT2D eigenvalue weighted by atomic mass is 9.94. The largest absolute Gasteiger partial charge is 0.462 e. The zero-order valence-corrected chi connectivity index (χ0v) is 18.1. The lowest BCUT2D eigenvalue weighted by Crippen LogP contribution is -2.45. The van der Waals surface area contributed by atoms with Gasteiger partial charge in [-0.05, 0) is 39.8 Å². The first kappa shape index (κ1) is 24.3. The fourth-order valence-electron chi connectivity index (χ4n) is 2.72. The highest BCUT2D eigenvalue weighted by atomic mass is 31.2. The molecule has 11 heteroatoms. The topological polar surface area (TPSA) is 147 Å². The summed E-state index contributed by atoms with van der Waals surface area (Å²) in [4.78, 5) is 12.1. The van der Waals surface area contributed by atoms with E-state index in [1.165, 1.54) is 13.8 Å². The van der Waals surface area contributed by atoms with Gasteiger partial charge in [-0.1, -0.05) is 18.2 Å². The summed E-state index contributed by atoms with van der Waals surface area (Å²) in [5.41, 5.74) is -1.82.